The molecule has 0 aliphatic rings. The van der Waals surface area contributed by atoms with Gasteiger partial charge in [0.1, 0.15) is 5.82 Å². The van der Waals surface area contributed by atoms with Crippen LogP contribution < -0.4 is 4.31 Å². The van der Waals surface area contributed by atoms with E-state index in [2.05, 4.69) is 15.9 Å². The second-order valence-corrected chi connectivity index (χ2v) is 8.44. The maximum absolute atomic E-state index is 12.8. The fraction of sp³-hybridized carbons (Fsp3) is 0.176. The van der Waals surface area contributed by atoms with Gasteiger partial charge in [0.25, 0.3) is 10.0 Å². The lowest BCUT2D eigenvalue weighted by Crippen LogP contribution is -2.28. The van der Waals surface area contributed by atoms with Gasteiger partial charge in [-0.05, 0) is 43.3 Å². The molecule has 0 radical (unpaired) electrons. The Labute approximate surface area is 144 Å². The number of aromatic nitrogens is 1. The molecule has 1 aromatic heterocycles. The first-order valence-electron chi connectivity index (χ1n) is 7.11. The first-order chi connectivity index (χ1) is 10.8. The number of rotatable bonds is 3. The van der Waals surface area contributed by atoms with E-state index in [4.69, 9.17) is 0 Å². The Hall–Kier alpha value is -1.79. The maximum atomic E-state index is 12.8. The molecule has 0 aliphatic carbocycles. The lowest BCUT2D eigenvalue weighted by molar-refractivity contribution is 0.593. The van der Waals surface area contributed by atoms with Gasteiger partial charge in [-0.25, -0.2) is 8.42 Å². The molecule has 3 rings (SSSR count). The summed E-state index contributed by atoms with van der Waals surface area (Å²) < 4.78 is 29.9. The number of anilines is 1. The number of fused-ring (bicyclic) bond motifs is 1. The molecule has 0 N–H and O–H groups in total. The monoisotopic (exact) mass is 392 g/mol. The van der Waals surface area contributed by atoms with Crippen molar-refractivity contribution in [2.24, 2.45) is 7.05 Å². The molecule has 23 heavy (non-hydrogen) atoms. The molecule has 4 nitrogen and oxygen atoms in total. The molecule has 0 atom stereocenters. The Morgan fingerprint density at radius 1 is 1.04 bits per heavy atom. The zero-order valence-corrected chi connectivity index (χ0v) is 15.5. The summed E-state index contributed by atoms with van der Waals surface area (Å²) in [6.45, 7) is 1.93. The van der Waals surface area contributed by atoms with Crippen LogP contribution in [0.1, 0.15) is 5.56 Å². The molecule has 0 amide bonds. The maximum Gasteiger partial charge on any atom is 0.265 e. The molecule has 1 heterocycles. The topological polar surface area (TPSA) is 42.3 Å². The third kappa shape index (κ3) is 2.77. The van der Waals surface area contributed by atoms with Crippen LogP contribution in [0.15, 0.2) is 57.9 Å². The first kappa shape index (κ1) is 16.1. The van der Waals surface area contributed by atoms with E-state index in [1.54, 1.807) is 31.3 Å². The predicted octanol–water partition coefficient (Wildman–Crippen LogP) is 4.07. The lowest BCUT2D eigenvalue weighted by atomic mass is 10.2. The average Bonchev–Trinajstić information content (AvgIpc) is 2.83. The van der Waals surface area contributed by atoms with Crippen LogP contribution in [0.5, 0.6) is 0 Å². The smallest absolute Gasteiger partial charge is 0.265 e. The molecule has 0 bridgehead atoms. The largest absolute Gasteiger partial charge is 0.330 e. The van der Waals surface area contributed by atoms with Gasteiger partial charge in [0.05, 0.1) is 4.90 Å². The summed E-state index contributed by atoms with van der Waals surface area (Å²) >= 11 is 3.45. The SMILES string of the molecule is Cc1ccc(S(=O)(=O)N(C)c2cc3cc(Br)ccc3n2C)cc1. The fourth-order valence-corrected chi connectivity index (χ4v) is 4.20. The highest BCUT2D eigenvalue weighted by molar-refractivity contribution is 9.10. The molecular weight excluding hydrogens is 376 g/mol. The van der Waals surface area contributed by atoms with Crippen LogP contribution in [-0.4, -0.2) is 20.0 Å². The molecule has 3 aromatic rings. The van der Waals surface area contributed by atoms with Crippen molar-refractivity contribution in [3.05, 3.63) is 58.6 Å². The van der Waals surface area contributed by atoms with Crippen LogP contribution in [0.2, 0.25) is 0 Å². The van der Waals surface area contributed by atoms with Gasteiger partial charge in [-0.3, -0.25) is 4.31 Å². The number of aryl methyl sites for hydroxylation is 2. The Balaban J connectivity index is 2.10. The van der Waals surface area contributed by atoms with Crippen LogP contribution in [0.3, 0.4) is 0 Å². The summed E-state index contributed by atoms with van der Waals surface area (Å²) in [7, 11) is -0.139. The number of benzene rings is 2. The summed E-state index contributed by atoms with van der Waals surface area (Å²) in [5.41, 5.74) is 2.01. The van der Waals surface area contributed by atoms with Crippen molar-refractivity contribution >= 4 is 42.7 Å². The summed E-state index contributed by atoms with van der Waals surface area (Å²) in [6, 6.07) is 14.7. The van der Waals surface area contributed by atoms with Crippen molar-refractivity contribution in [2.75, 3.05) is 11.4 Å². The molecule has 6 heteroatoms. The third-order valence-corrected chi connectivity index (χ3v) is 6.25. The standard InChI is InChI=1S/C17H17BrN2O2S/c1-12-4-7-15(8-5-12)23(21,22)20(3)17-11-13-10-14(18)6-9-16(13)19(17)2/h4-11H,1-3H3. The van der Waals surface area contributed by atoms with Crippen LogP contribution in [0.25, 0.3) is 10.9 Å². The Morgan fingerprint density at radius 3 is 2.35 bits per heavy atom. The normalized spacial score (nSPS) is 11.8. The summed E-state index contributed by atoms with van der Waals surface area (Å²) in [5.74, 6) is 0.624. The lowest BCUT2D eigenvalue weighted by Gasteiger charge is -2.20. The highest BCUT2D eigenvalue weighted by Gasteiger charge is 2.24. The Kier molecular flexibility index (Phi) is 3.98. The van der Waals surface area contributed by atoms with Gasteiger partial charge in [0.15, 0.2) is 0 Å². The molecular formula is C17H17BrN2O2S. The number of hydrogen-bond acceptors (Lipinski definition) is 2. The molecule has 0 aliphatic heterocycles. The third-order valence-electron chi connectivity index (χ3n) is 3.98. The minimum Gasteiger partial charge on any atom is -0.330 e. The van der Waals surface area contributed by atoms with Gasteiger partial charge >= 0.3 is 0 Å². The van der Waals surface area contributed by atoms with E-state index in [-0.39, 0.29) is 4.90 Å². The van der Waals surface area contributed by atoms with Crippen molar-refractivity contribution in [1.82, 2.24) is 4.57 Å². The van der Waals surface area contributed by atoms with Gasteiger partial charge in [-0.1, -0.05) is 33.6 Å². The number of hydrogen-bond donors (Lipinski definition) is 0. The quantitative estimate of drug-likeness (QED) is 0.673. The van der Waals surface area contributed by atoms with Crippen molar-refractivity contribution in [3.8, 4) is 0 Å². The van der Waals surface area contributed by atoms with Gasteiger partial charge < -0.3 is 4.57 Å². The van der Waals surface area contributed by atoms with Gasteiger partial charge in [-0.2, -0.15) is 0 Å². The van der Waals surface area contributed by atoms with Crippen molar-refractivity contribution in [3.63, 3.8) is 0 Å². The van der Waals surface area contributed by atoms with Gasteiger partial charge in [0.2, 0.25) is 0 Å². The van der Waals surface area contributed by atoms with E-state index >= 15 is 0 Å². The molecule has 0 fully saturated rings. The molecule has 2 aromatic carbocycles. The second kappa shape index (κ2) is 5.69. The molecule has 0 saturated carbocycles. The minimum atomic E-state index is -3.59. The van der Waals surface area contributed by atoms with Gasteiger partial charge in [0, 0.05) is 29.5 Å². The predicted molar refractivity (Wildman–Crippen MR) is 97.4 cm³/mol. The number of nitrogens with zero attached hydrogens (tertiary/aromatic N) is 2. The number of halogens is 1. The zero-order valence-electron chi connectivity index (χ0n) is 13.1. The van der Waals surface area contributed by atoms with Crippen LogP contribution in [-0.2, 0) is 17.1 Å². The van der Waals surface area contributed by atoms with Crippen molar-refractivity contribution in [2.45, 2.75) is 11.8 Å². The van der Waals surface area contributed by atoms with E-state index in [1.165, 1.54) is 4.31 Å². The molecule has 0 spiro atoms. The molecule has 0 unspecified atom stereocenters. The summed E-state index contributed by atoms with van der Waals surface area (Å²) in [4.78, 5) is 0.289. The van der Waals surface area contributed by atoms with E-state index in [1.807, 2.05) is 42.8 Å². The summed E-state index contributed by atoms with van der Waals surface area (Å²) in [5, 5.41) is 0.989. The van der Waals surface area contributed by atoms with E-state index in [9.17, 15) is 8.42 Å². The van der Waals surface area contributed by atoms with E-state index < -0.39 is 10.0 Å². The average molecular weight is 393 g/mol. The highest BCUT2D eigenvalue weighted by atomic mass is 79.9. The molecule has 120 valence electrons. The second-order valence-electron chi connectivity index (χ2n) is 5.55. The zero-order chi connectivity index (χ0) is 16.8. The van der Waals surface area contributed by atoms with Crippen LogP contribution in [0.4, 0.5) is 5.82 Å². The first-order valence-corrected chi connectivity index (χ1v) is 9.34. The van der Waals surface area contributed by atoms with E-state index in [0.29, 0.717) is 5.82 Å². The number of sulfonamides is 1. The fourth-order valence-electron chi connectivity index (χ4n) is 2.60. The Morgan fingerprint density at radius 2 is 1.70 bits per heavy atom. The summed E-state index contributed by atoms with van der Waals surface area (Å²) in [6.07, 6.45) is 0. The minimum absolute atomic E-state index is 0.289. The highest BCUT2D eigenvalue weighted by Crippen LogP contribution is 2.30. The van der Waals surface area contributed by atoms with E-state index in [0.717, 1.165) is 20.9 Å². The van der Waals surface area contributed by atoms with Crippen LogP contribution >= 0.6 is 15.9 Å². The van der Waals surface area contributed by atoms with Crippen LogP contribution in [0, 0.1) is 6.92 Å². The Bertz CT molecular complexity index is 976. The van der Waals surface area contributed by atoms with Crippen molar-refractivity contribution < 1.29 is 8.42 Å². The van der Waals surface area contributed by atoms with Crippen molar-refractivity contribution in [1.29, 1.82) is 0 Å². The molecule has 0 saturated heterocycles. The van der Waals surface area contributed by atoms with Gasteiger partial charge in [-0.15, -0.1) is 0 Å².